The van der Waals surface area contributed by atoms with E-state index in [0.29, 0.717) is 25.0 Å². The van der Waals surface area contributed by atoms with Crippen molar-refractivity contribution in [1.29, 1.82) is 0 Å². The standard InChI is InChI=1S/C16H25N3OS/c1-13(2)14-3-5-15(6-4-14)20-10-7-18-16(17)19-8-11-21-12-9-19/h3-6,13H,7-12H2,1-2H3,(H2,17,18). The van der Waals surface area contributed by atoms with Gasteiger partial charge < -0.3 is 15.4 Å². The van der Waals surface area contributed by atoms with E-state index in [2.05, 4.69) is 35.9 Å². The number of benzene rings is 1. The zero-order valence-corrected chi connectivity index (χ0v) is 13.7. The molecular weight excluding hydrogens is 282 g/mol. The fourth-order valence-electron chi connectivity index (χ4n) is 2.17. The van der Waals surface area contributed by atoms with E-state index in [1.54, 1.807) is 0 Å². The first-order valence-corrected chi connectivity index (χ1v) is 8.67. The van der Waals surface area contributed by atoms with Crippen LogP contribution in [0.4, 0.5) is 0 Å². The van der Waals surface area contributed by atoms with Gasteiger partial charge in [-0.2, -0.15) is 11.8 Å². The van der Waals surface area contributed by atoms with Crippen LogP contribution in [0, 0.1) is 0 Å². The minimum atomic E-state index is 0.547. The number of rotatable bonds is 5. The number of nitrogens with zero attached hydrogens (tertiary/aromatic N) is 2. The van der Waals surface area contributed by atoms with Crippen LogP contribution in [0.3, 0.4) is 0 Å². The monoisotopic (exact) mass is 307 g/mol. The molecule has 1 aromatic rings. The molecule has 0 saturated carbocycles. The van der Waals surface area contributed by atoms with Gasteiger partial charge in [-0.25, -0.2) is 4.99 Å². The molecule has 1 saturated heterocycles. The van der Waals surface area contributed by atoms with Crippen molar-refractivity contribution >= 4 is 17.7 Å². The zero-order valence-electron chi connectivity index (χ0n) is 12.9. The first kappa shape index (κ1) is 16.0. The molecule has 5 heteroatoms. The minimum absolute atomic E-state index is 0.547. The summed E-state index contributed by atoms with van der Waals surface area (Å²) in [5.74, 6) is 4.35. The Morgan fingerprint density at radius 2 is 1.95 bits per heavy atom. The molecule has 116 valence electrons. The summed E-state index contributed by atoms with van der Waals surface area (Å²) >= 11 is 1.97. The molecule has 1 aromatic carbocycles. The second-order valence-corrected chi connectivity index (χ2v) is 6.64. The third-order valence-electron chi connectivity index (χ3n) is 3.52. The topological polar surface area (TPSA) is 50.9 Å². The molecule has 4 nitrogen and oxygen atoms in total. The predicted molar refractivity (Wildman–Crippen MR) is 91.4 cm³/mol. The van der Waals surface area contributed by atoms with E-state index < -0.39 is 0 Å². The van der Waals surface area contributed by atoms with Crippen molar-refractivity contribution in [2.24, 2.45) is 10.7 Å². The number of aliphatic imine (C=N–C) groups is 1. The van der Waals surface area contributed by atoms with Crippen LogP contribution < -0.4 is 10.5 Å². The van der Waals surface area contributed by atoms with E-state index in [4.69, 9.17) is 10.5 Å². The van der Waals surface area contributed by atoms with Crippen LogP contribution >= 0.6 is 11.8 Å². The lowest BCUT2D eigenvalue weighted by Crippen LogP contribution is -2.42. The Morgan fingerprint density at radius 3 is 2.57 bits per heavy atom. The van der Waals surface area contributed by atoms with Gasteiger partial charge in [-0.3, -0.25) is 0 Å². The molecule has 0 amide bonds. The molecule has 0 radical (unpaired) electrons. The maximum absolute atomic E-state index is 5.99. The lowest BCUT2D eigenvalue weighted by Gasteiger charge is -2.27. The molecular formula is C16H25N3OS. The molecule has 0 unspecified atom stereocenters. The number of guanidine groups is 1. The number of ether oxygens (including phenoxy) is 1. The Morgan fingerprint density at radius 1 is 1.29 bits per heavy atom. The fraction of sp³-hybridized carbons (Fsp3) is 0.562. The van der Waals surface area contributed by atoms with Crippen LogP contribution in [0.15, 0.2) is 29.3 Å². The van der Waals surface area contributed by atoms with Crippen LogP contribution in [0.1, 0.15) is 25.3 Å². The van der Waals surface area contributed by atoms with Crippen molar-refractivity contribution in [3.63, 3.8) is 0 Å². The number of hydrogen-bond acceptors (Lipinski definition) is 3. The van der Waals surface area contributed by atoms with E-state index in [-0.39, 0.29) is 0 Å². The van der Waals surface area contributed by atoms with Gasteiger partial charge in [0.25, 0.3) is 0 Å². The molecule has 1 heterocycles. The highest BCUT2D eigenvalue weighted by molar-refractivity contribution is 7.99. The predicted octanol–water partition coefficient (Wildman–Crippen LogP) is 2.55. The maximum Gasteiger partial charge on any atom is 0.191 e. The number of nitrogens with two attached hydrogens (primary N) is 1. The highest BCUT2D eigenvalue weighted by Gasteiger charge is 2.11. The van der Waals surface area contributed by atoms with E-state index in [0.717, 1.165) is 30.3 Å². The van der Waals surface area contributed by atoms with E-state index in [1.165, 1.54) is 5.56 Å². The molecule has 0 atom stereocenters. The minimum Gasteiger partial charge on any atom is -0.492 e. The van der Waals surface area contributed by atoms with Crippen LogP contribution in [0.25, 0.3) is 0 Å². The molecule has 0 aliphatic carbocycles. The molecule has 0 spiro atoms. The molecule has 0 bridgehead atoms. The number of thioether (sulfide) groups is 1. The molecule has 1 aliphatic rings. The molecule has 1 fully saturated rings. The summed E-state index contributed by atoms with van der Waals surface area (Å²) in [7, 11) is 0. The van der Waals surface area contributed by atoms with Gasteiger partial charge in [0.2, 0.25) is 0 Å². The van der Waals surface area contributed by atoms with Crippen molar-refractivity contribution in [2.75, 3.05) is 37.7 Å². The van der Waals surface area contributed by atoms with Crippen molar-refractivity contribution in [3.8, 4) is 5.75 Å². The molecule has 0 aromatic heterocycles. The maximum atomic E-state index is 5.99. The largest absolute Gasteiger partial charge is 0.492 e. The molecule has 1 aliphatic heterocycles. The summed E-state index contributed by atoms with van der Waals surface area (Å²) < 4.78 is 5.69. The summed E-state index contributed by atoms with van der Waals surface area (Å²) in [5, 5.41) is 0. The van der Waals surface area contributed by atoms with Crippen molar-refractivity contribution < 1.29 is 4.74 Å². The van der Waals surface area contributed by atoms with Gasteiger partial charge in [0.15, 0.2) is 5.96 Å². The van der Waals surface area contributed by atoms with Gasteiger partial charge in [0, 0.05) is 24.6 Å². The Hall–Kier alpha value is -1.36. The van der Waals surface area contributed by atoms with Gasteiger partial charge in [-0.15, -0.1) is 0 Å². The summed E-state index contributed by atoms with van der Waals surface area (Å²) in [6, 6.07) is 8.26. The quantitative estimate of drug-likeness (QED) is 0.516. The Bertz CT molecular complexity index is 453. The fourth-order valence-corrected chi connectivity index (χ4v) is 3.07. The normalized spacial score (nSPS) is 16.3. The van der Waals surface area contributed by atoms with E-state index in [1.807, 2.05) is 23.9 Å². The molecule has 21 heavy (non-hydrogen) atoms. The smallest absolute Gasteiger partial charge is 0.191 e. The van der Waals surface area contributed by atoms with E-state index >= 15 is 0 Å². The summed E-state index contributed by atoms with van der Waals surface area (Å²) in [5.41, 5.74) is 7.32. The van der Waals surface area contributed by atoms with Crippen LogP contribution in [0.5, 0.6) is 5.75 Å². The van der Waals surface area contributed by atoms with Gasteiger partial charge in [-0.05, 0) is 23.6 Å². The average Bonchev–Trinajstić information content (AvgIpc) is 2.52. The third kappa shape index (κ3) is 5.16. The van der Waals surface area contributed by atoms with Crippen molar-refractivity contribution in [3.05, 3.63) is 29.8 Å². The molecule has 2 rings (SSSR count). The summed E-state index contributed by atoms with van der Waals surface area (Å²) in [6.07, 6.45) is 0. The highest BCUT2D eigenvalue weighted by Crippen LogP contribution is 2.18. The van der Waals surface area contributed by atoms with Crippen LogP contribution in [0.2, 0.25) is 0 Å². The highest BCUT2D eigenvalue weighted by atomic mass is 32.2. The van der Waals surface area contributed by atoms with Crippen molar-refractivity contribution in [2.45, 2.75) is 19.8 Å². The Labute approximate surface area is 131 Å². The van der Waals surface area contributed by atoms with Gasteiger partial charge in [-0.1, -0.05) is 26.0 Å². The van der Waals surface area contributed by atoms with Crippen molar-refractivity contribution in [1.82, 2.24) is 4.90 Å². The first-order chi connectivity index (χ1) is 10.2. The third-order valence-corrected chi connectivity index (χ3v) is 4.46. The number of hydrogen-bond donors (Lipinski definition) is 1. The summed E-state index contributed by atoms with van der Waals surface area (Å²) in [4.78, 5) is 6.54. The van der Waals surface area contributed by atoms with Gasteiger partial charge in [0.05, 0.1) is 6.54 Å². The second kappa shape index (κ2) is 8.17. The Balaban J connectivity index is 1.73. The summed E-state index contributed by atoms with van der Waals surface area (Å²) in [6.45, 7) is 7.53. The Kier molecular flexibility index (Phi) is 6.23. The van der Waals surface area contributed by atoms with Gasteiger partial charge in [0.1, 0.15) is 12.4 Å². The van der Waals surface area contributed by atoms with Crippen LogP contribution in [-0.4, -0.2) is 48.6 Å². The van der Waals surface area contributed by atoms with E-state index in [9.17, 15) is 0 Å². The zero-order chi connectivity index (χ0) is 15.1. The van der Waals surface area contributed by atoms with Gasteiger partial charge >= 0.3 is 0 Å². The van der Waals surface area contributed by atoms with Crippen LogP contribution in [-0.2, 0) is 0 Å². The SMILES string of the molecule is CC(C)c1ccc(OCCN=C(N)N2CCSCC2)cc1. The first-order valence-electron chi connectivity index (χ1n) is 7.52. The lowest BCUT2D eigenvalue weighted by molar-refractivity contribution is 0.327. The second-order valence-electron chi connectivity index (χ2n) is 5.41. The molecule has 2 N–H and O–H groups in total. The lowest BCUT2D eigenvalue weighted by atomic mass is 10.0. The average molecular weight is 307 g/mol.